The van der Waals surface area contributed by atoms with E-state index in [-0.39, 0.29) is 30.3 Å². The number of carbonyl (C=O) groups excluding carboxylic acids is 1. The molecule has 0 saturated carbocycles. The molecule has 0 saturated heterocycles. The molecule has 2 N–H and O–H groups in total. The number of aromatic nitrogens is 2. The van der Waals surface area contributed by atoms with Crippen molar-refractivity contribution in [2.45, 2.75) is 31.5 Å². The fraction of sp³-hybridized carbons (Fsp3) is 0.304. The maximum Gasteiger partial charge on any atom is 0.416 e. The van der Waals surface area contributed by atoms with Gasteiger partial charge in [-0.15, -0.1) is 0 Å². The maximum absolute atomic E-state index is 13.7. The lowest BCUT2D eigenvalue weighted by Gasteiger charge is -2.14. The van der Waals surface area contributed by atoms with E-state index >= 15 is 0 Å². The maximum atomic E-state index is 13.7. The van der Waals surface area contributed by atoms with Crippen LogP contribution in [0.4, 0.5) is 22.0 Å². The van der Waals surface area contributed by atoms with Crippen LogP contribution in [-0.4, -0.2) is 40.0 Å². The number of amides is 1. The van der Waals surface area contributed by atoms with Gasteiger partial charge in [0.15, 0.2) is 17.3 Å². The smallest absolute Gasteiger partial charge is 0.416 e. The van der Waals surface area contributed by atoms with Crippen LogP contribution < -0.4 is 10.1 Å². The van der Waals surface area contributed by atoms with Crippen molar-refractivity contribution in [3.63, 3.8) is 0 Å². The number of alkyl halides is 3. The van der Waals surface area contributed by atoms with Gasteiger partial charge in [0.2, 0.25) is 0 Å². The highest BCUT2D eigenvalue weighted by Crippen LogP contribution is 2.31. The Labute approximate surface area is 191 Å². The molecule has 2 aromatic carbocycles. The number of ether oxygens (including phenoxy) is 1. The molecule has 0 fully saturated rings. The van der Waals surface area contributed by atoms with Crippen molar-refractivity contribution in [1.82, 2.24) is 15.1 Å². The van der Waals surface area contributed by atoms with E-state index in [0.717, 1.165) is 36.4 Å². The summed E-state index contributed by atoms with van der Waals surface area (Å²) in [4.78, 5) is 12.7. The van der Waals surface area contributed by atoms with Crippen LogP contribution >= 0.6 is 0 Å². The van der Waals surface area contributed by atoms with Gasteiger partial charge in [0.1, 0.15) is 18.5 Å². The Morgan fingerprint density at radius 1 is 1.15 bits per heavy atom. The average molecular weight is 481 g/mol. The first-order valence-electron chi connectivity index (χ1n) is 10.5. The van der Waals surface area contributed by atoms with E-state index in [9.17, 15) is 31.9 Å². The molecular formula is C23H20F5N3O3. The molecule has 1 aliphatic rings. The third-order valence-corrected chi connectivity index (χ3v) is 5.40. The molecule has 0 radical (unpaired) electrons. The first kappa shape index (κ1) is 23.7. The van der Waals surface area contributed by atoms with E-state index < -0.39 is 35.4 Å². The summed E-state index contributed by atoms with van der Waals surface area (Å²) >= 11 is 0. The largest absolute Gasteiger partial charge is 0.491 e. The number of aliphatic hydroxyl groups is 1. The van der Waals surface area contributed by atoms with Gasteiger partial charge >= 0.3 is 6.18 Å². The number of benzene rings is 2. The van der Waals surface area contributed by atoms with E-state index in [1.54, 1.807) is 0 Å². The Morgan fingerprint density at radius 2 is 1.94 bits per heavy atom. The fourth-order valence-corrected chi connectivity index (χ4v) is 3.76. The summed E-state index contributed by atoms with van der Waals surface area (Å²) < 4.78 is 71.9. The summed E-state index contributed by atoms with van der Waals surface area (Å²) in [6.45, 7) is -0.576. The minimum atomic E-state index is -4.52. The number of halogens is 5. The Kier molecular flexibility index (Phi) is 6.56. The molecule has 0 aliphatic heterocycles. The first-order chi connectivity index (χ1) is 16.1. The SMILES string of the molecule is O=C(NCC(O)COc1cccc(C(F)(F)F)c1)c1nn(-c2ccc(F)c(F)c2)c2c1CCC2. The van der Waals surface area contributed by atoms with Crippen molar-refractivity contribution in [2.75, 3.05) is 13.2 Å². The van der Waals surface area contributed by atoms with Crippen LogP contribution in [0.25, 0.3) is 5.69 Å². The monoisotopic (exact) mass is 481 g/mol. The molecule has 11 heteroatoms. The van der Waals surface area contributed by atoms with Gasteiger partial charge in [0.05, 0.1) is 11.3 Å². The summed E-state index contributed by atoms with van der Waals surface area (Å²) in [6.07, 6.45) is -3.75. The van der Waals surface area contributed by atoms with Gasteiger partial charge in [-0.25, -0.2) is 13.5 Å². The Hall–Kier alpha value is -3.47. The van der Waals surface area contributed by atoms with Crippen molar-refractivity contribution in [3.05, 3.63) is 76.6 Å². The van der Waals surface area contributed by atoms with E-state index in [1.807, 2.05) is 0 Å². The van der Waals surface area contributed by atoms with E-state index in [4.69, 9.17) is 4.74 Å². The highest BCUT2D eigenvalue weighted by molar-refractivity contribution is 5.94. The summed E-state index contributed by atoms with van der Waals surface area (Å²) in [5, 5.41) is 16.9. The van der Waals surface area contributed by atoms with Crippen LogP contribution in [0.5, 0.6) is 5.75 Å². The molecule has 180 valence electrons. The summed E-state index contributed by atoms with van der Waals surface area (Å²) in [5.41, 5.74) is 0.939. The highest BCUT2D eigenvalue weighted by Gasteiger charge is 2.31. The quantitative estimate of drug-likeness (QED) is 0.503. The van der Waals surface area contributed by atoms with Crippen molar-refractivity contribution in [3.8, 4) is 11.4 Å². The minimum absolute atomic E-state index is 0.0664. The van der Waals surface area contributed by atoms with Crippen LogP contribution in [0.1, 0.15) is 33.7 Å². The number of carbonyl (C=O) groups is 1. The zero-order valence-corrected chi connectivity index (χ0v) is 17.7. The van der Waals surface area contributed by atoms with E-state index in [0.29, 0.717) is 18.4 Å². The van der Waals surface area contributed by atoms with Gasteiger partial charge in [0.25, 0.3) is 5.91 Å². The van der Waals surface area contributed by atoms with Crippen molar-refractivity contribution in [1.29, 1.82) is 0 Å². The number of nitrogens with zero attached hydrogens (tertiary/aromatic N) is 2. The molecule has 1 heterocycles. The third-order valence-electron chi connectivity index (χ3n) is 5.40. The number of fused-ring (bicyclic) bond motifs is 1. The van der Waals surface area contributed by atoms with Crippen LogP contribution in [0.2, 0.25) is 0 Å². The van der Waals surface area contributed by atoms with Crippen LogP contribution in [0.15, 0.2) is 42.5 Å². The molecule has 1 unspecified atom stereocenters. The fourth-order valence-electron chi connectivity index (χ4n) is 3.76. The second kappa shape index (κ2) is 9.41. The standard InChI is InChI=1S/C23H20F5N3O3/c24-18-8-7-14(10-19(18)25)31-20-6-2-5-17(20)21(30-31)22(33)29-11-15(32)12-34-16-4-1-3-13(9-16)23(26,27)28/h1,3-4,7-10,15,32H,2,5-6,11-12H2,(H,29,33). The topological polar surface area (TPSA) is 76.4 Å². The van der Waals surface area contributed by atoms with Gasteiger partial charge < -0.3 is 15.2 Å². The molecule has 4 rings (SSSR count). The Bertz CT molecular complexity index is 1210. The summed E-state index contributed by atoms with van der Waals surface area (Å²) in [6, 6.07) is 7.58. The van der Waals surface area contributed by atoms with Gasteiger partial charge in [-0.2, -0.15) is 18.3 Å². The molecule has 1 atom stereocenters. The number of rotatable bonds is 7. The first-order valence-corrected chi connectivity index (χ1v) is 10.5. The number of nitrogens with one attached hydrogen (secondary N) is 1. The summed E-state index contributed by atoms with van der Waals surface area (Å²) in [5.74, 6) is -2.66. The third kappa shape index (κ3) is 5.04. The zero-order chi connectivity index (χ0) is 24.5. The van der Waals surface area contributed by atoms with E-state index in [1.165, 1.54) is 22.9 Å². The van der Waals surface area contributed by atoms with Gasteiger partial charge in [-0.05, 0) is 49.6 Å². The molecular weight excluding hydrogens is 461 g/mol. The second-order valence-corrected chi connectivity index (χ2v) is 7.84. The average Bonchev–Trinajstić information content (AvgIpc) is 3.40. The lowest BCUT2D eigenvalue weighted by atomic mass is 10.2. The molecule has 3 aromatic rings. The predicted octanol–water partition coefficient (Wildman–Crippen LogP) is 3.83. The van der Waals surface area contributed by atoms with Gasteiger partial charge in [-0.1, -0.05) is 6.07 Å². The zero-order valence-electron chi connectivity index (χ0n) is 17.7. The minimum Gasteiger partial charge on any atom is -0.491 e. The normalized spacial score (nSPS) is 14.1. The van der Waals surface area contributed by atoms with Crippen LogP contribution in [0.3, 0.4) is 0 Å². The molecule has 1 aliphatic carbocycles. The second-order valence-electron chi connectivity index (χ2n) is 7.84. The number of aliphatic hydroxyl groups excluding tert-OH is 1. The summed E-state index contributed by atoms with van der Waals surface area (Å²) in [7, 11) is 0. The van der Waals surface area contributed by atoms with Crippen molar-refractivity contribution in [2.24, 2.45) is 0 Å². The molecule has 6 nitrogen and oxygen atoms in total. The van der Waals surface area contributed by atoms with Gasteiger partial charge in [0, 0.05) is 23.9 Å². The number of hydrogen-bond donors (Lipinski definition) is 2. The van der Waals surface area contributed by atoms with Crippen LogP contribution in [-0.2, 0) is 19.0 Å². The van der Waals surface area contributed by atoms with Crippen molar-refractivity contribution >= 4 is 5.91 Å². The molecule has 1 aromatic heterocycles. The molecule has 34 heavy (non-hydrogen) atoms. The lowest BCUT2D eigenvalue weighted by molar-refractivity contribution is -0.137. The van der Waals surface area contributed by atoms with Gasteiger partial charge in [-0.3, -0.25) is 4.79 Å². The van der Waals surface area contributed by atoms with Crippen LogP contribution in [0, 0.1) is 11.6 Å². The molecule has 0 spiro atoms. The Balaban J connectivity index is 1.39. The highest BCUT2D eigenvalue weighted by atomic mass is 19.4. The van der Waals surface area contributed by atoms with E-state index in [2.05, 4.69) is 10.4 Å². The van der Waals surface area contributed by atoms with Crippen molar-refractivity contribution < 1.29 is 36.6 Å². The predicted molar refractivity (Wildman–Crippen MR) is 111 cm³/mol. The number of hydrogen-bond acceptors (Lipinski definition) is 4. The lowest BCUT2D eigenvalue weighted by Crippen LogP contribution is -2.35. The molecule has 0 bridgehead atoms. The Morgan fingerprint density at radius 3 is 2.68 bits per heavy atom. The molecule has 1 amide bonds.